The predicted molar refractivity (Wildman–Crippen MR) is 67.6 cm³/mol. The zero-order chi connectivity index (χ0) is 12.9. The summed E-state index contributed by atoms with van der Waals surface area (Å²) in [7, 11) is 0. The van der Waals surface area contributed by atoms with Crippen LogP contribution in [0.3, 0.4) is 0 Å². The molecule has 1 aromatic rings. The Morgan fingerprint density at radius 1 is 1.59 bits per heavy atom. The van der Waals surface area contributed by atoms with Crippen LogP contribution in [-0.2, 0) is 11.2 Å². The number of rotatable bonds is 4. The molecule has 1 unspecified atom stereocenters. The summed E-state index contributed by atoms with van der Waals surface area (Å²) >= 11 is 5.83. The number of amides is 1. The van der Waals surface area contributed by atoms with Gasteiger partial charge in [-0.25, -0.2) is 0 Å². The zero-order valence-corrected chi connectivity index (χ0v) is 10.7. The smallest absolute Gasteiger partial charge is 0.225 e. The van der Waals surface area contributed by atoms with Gasteiger partial charge in [0.05, 0.1) is 12.5 Å². The molecule has 0 fully saturated rings. The molecule has 1 aromatic carbocycles. The minimum Gasteiger partial charge on any atom is -0.338 e. The van der Waals surface area contributed by atoms with Crippen molar-refractivity contribution in [3.05, 3.63) is 34.9 Å². The molecular formula is C13H15ClN2O. The van der Waals surface area contributed by atoms with Crippen molar-refractivity contribution in [2.24, 2.45) is 0 Å². The van der Waals surface area contributed by atoms with E-state index >= 15 is 0 Å². The number of hydrogen-bond donors (Lipinski definition) is 1. The zero-order valence-electron chi connectivity index (χ0n) is 9.96. The molecule has 0 aliphatic rings. The van der Waals surface area contributed by atoms with Gasteiger partial charge >= 0.3 is 0 Å². The van der Waals surface area contributed by atoms with Crippen molar-refractivity contribution in [1.29, 1.82) is 5.26 Å². The van der Waals surface area contributed by atoms with Crippen LogP contribution in [0.25, 0.3) is 0 Å². The van der Waals surface area contributed by atoms with Crippen LogP contribution in [0.5, 0.6) is 0 Å². The van der Waals surface area contributed by atoms with Crippen molar-refractivity contribution in [2.45, 2.75) is 32.2 Å². The maximum absolute atomic E-state index is 11.8. The normalized spacial score (nSPS) is 13.5. The van der Waals surface area contributed by atoms with Gasteiger partial charge < -0.3 is 5.32 Å². The second-order valence-electron chi connectivity index (χ2n) is 4.15. The van der Waals surface area contributed by atoms with E-state index in [4.69, 9.17) is 16.9 Å². The number of halogens is 1. The van der Waals surface area contributed by atoms with Gasteiger partial charge in [0.1, 0.15) is 5.54 Å². The SMILES string of the molecule is CCC(C)(C#N)NC(=O)Cc1cccc(Cl)c1. The molecule has 0 radical (unpaired) electrons. The van der Waals surface area contributed by atoms with E-state index in [0.717, 1.165) is 5.56 Å². The van der Waals surface area contributed by atoms with Crippen molar-refractivity contribution >= 4 is 17.5 Å². The number of nitriles is 1. The molecular weight excluding hydrogens is 236 g/mol. The first-order valence-electron chi connectivity index (χ1n) is 5.46. The molecule has 1 N–H and O–H groups in total. The lowest BCUT2D eigenvalue weighted by Gasteiger charge is -2.21. The number of carbonyl (C=O) groups is 1. The highest BCUT2D eigenvalue weighted by Crippen LogP contribution is 2.12. The molecule has 0 saturated heterocycles. The third kappa shape index (κ3) is 4.08. The third-order valence-corrected chi connectivity index (χ3v) is 2.86. The monoisotopic (exact) mass is 250 g/mol. The molecule has 1 rings (SSSR count). The Morgan fingerprint density at radius 2 is 2.29 bits per heavy atom. The highest BCUT2D eigenvalue weighted by molar-refractivity contribution is 6.30. The number of nitrogens with zero attached hydrogens (tertiary/aromatic N) is 1. The van der Waals surface area contributed by atoms with Crippen molar-refractivity contribution in [1.82, 2.24) is 5.32 Å². The van der Waals surface area contributed by atoms with Crippen molar-refractivity contribution < 1.29 is 4.79 Å². The lowest BCUT2D eigenvalue weighted by Crippen LogP contribution is -2.44. The molecule has 1 atom stereocenters. The summed E-state index contributed by atoms with van der Waals surface area (Å²) in [6, 6.07) is 9.24. The first kappa shape index (κ1) is 13.5. The first-order valence-corrected chi connectivity index (χ1v) is 5.83. The second kappa shape index (κ2) is 5.70. The van der Waals surface area contributed by atoms with Crippen molar-refractivity contribution in [3.8, 4) is 6.07 Å². The van der Waals surface area contributed by atoms with E-state index in [1.54, 1.807) is 25.1 Å². The molecule has 0 aliphatic carbocycles. The quantitative estimate of drug-likeness (QED) is 0.893. The summed E-state index contributed by atoms with van der Waals surface area (Å²) in [5.74, 6) is -0.168. The number of carbonyl (C=O) groups excluding carboxylic acids is 1. The van der Waals surface area contributed by atoms with E-state index in [1.807, 2.05) is 13.0 Å². The van der Waals surface area contributed by atoms with Gasteiger partial charge in [0.2, 0.25) is 5.91 Å². The van der Waals surface area contributed by atoms with E-state index in [0.29, 0.717) is 11.4 Å². The number of nitrogens with one attached hydrogen (secondary N) is 1. The van der Waals surface area contributed by atoms with Gasteiger partial charge in [-0.15, -0.1) is 0 Å². The summed E-state index contributed by atoms with van der Waals surface area (Å²) in [6.07, 6.45) is 0.808. The highest BCUT2D eigenvalue weighted by atomic mass is 35.5. The lowest BCUT2D eigenvalue weighted by molar-refractivity contribution is -0.121. The fourth-order valence-electron chi connectivity index (χ4n) is 1.38. The van der Waals surface area contributed by atoms with E-state index in [1.165, 1.54) is 0 Å². The van der Waals surface area contributed by atoms with Gasteiger partial charge in [0, 0.05) is 5.02 Å². The van der Waals surface area contributed by atoms with Crippen LogP contribution >= 0.6 is 11.6 Å². The van der Waals surface area contributed by atoms with Crippen LogP contribution < -0.4 is 5.32 Å². The Bertz CT molecular complexity index is 453. The third-order valence-electron chi connectivity index (χ3n) is 2.62. The van der Waals surface area contributed by atoms with E-state index in [-0.39, 0.29) is 12.3 Å². The molecule has 0 saturated carbocycles. The van der Waals surface area contributed by atoms with Crippen molar-refractivity contribution in [3.63, 3.8) is 0 Å². The molecule has 0 aliphatic heterocycles. The van der Waals surface area contributed by atoms with Crippen LogP contribution in [0, 0.1) is 11.3 Å². The fourth-order valence-corrected chi connectivity index (χ4v) is 1.59. The Balaban J connectivity index is 2.65. The maximum Gasteiger partial charge on any atom is 0.225 e. The Hall–Kier alpha value is -1.53. The summed E-state index contributed by atoms with van der Waals surface area (Å²) in [4.78, 5) is 11.8. The Kier molecular flexibility index (Phi) is 4.53. The van der Waals surface area contributed by atoms with Crippen LogP contribution in [0.15, 0.2) is 24.3 Å². The minimum absolute atomic E-state index is 0.168. The Morgan fingerprint density at radius 3 is 2.82 bits per heavy atom. The van der Waals surface area contributed by atoms with E-state index < -0.39 is 5.54 Å². The van der Waals surface area contributed by atoms with Crippen LogP contribution in [-0.4, -0.2) is 11.4 Å². The van der Waals surface area contributed by atoms with Gasteiger partial charge in [-0.05, 0) is 31.0 Å². The molecule has 0 bridgehead atoms. The predicted octanol–water partition coefficient (Wildman–Crippen LogP) is 2.69. The van der Waals surface area contributed by atoms with Crippen LogP contribution in [0.2, 0.25) is 5.02 Å². The first-order chi connectivity index (χ1) is 7.99. The number of benzene rings is 1. The summed E-state index contributed by atoms with van der Waals surface area (Å²) in [6.45, 7) is 3.58. The van der Waals surface area contributed by atoms with Crippen molar-refractivity contribution in [2.75, 3.05) is 0 Å². The van der Waals surface area contributed by atoms with Gasteiger partial charge in [0.15, 0.2) is 0 Å². The molecule has 4 heteroatoms. The molecule has 3 nitrogen and oxygen atoms in total. The fraction of sp³-hybridized carbons (Fsp3) is 0.385. The summed E-state index contributed by atoms with van der Waals surface area (Å²) in [5.41, 5.74) is 0.0433. The Labute approximate surface area is 106 Å². The minimum atomic E-state index is -0.796. The van der Waals surface area contributed by atoms with Gasteiger partial charge in [0.25, 0.3) is 0 Å². The molecule has 1 amide bonds. The highest BCUT2D eigenvalue weighted by Gasteiger charge is 2.23. The molecule has 0 aromatic heterocycles. The molecule has 0 heterocycles. The summed E-state index contributed by atoms with van der Waals surface area (Å²) in [5, 5.41) is 12.3. The molecule has 0 spiro atoms. The maximum atomic E-state index is 11.8. The topological polar surface area (TPSA) is 52.9 Å². The van der Waals surface area contributed by atoms with Gasteiger partial charge in [-0.3, -0.25) is 4.79 Å². The summed E-state index contributed by atoms with van der Waals surface area (Å²) < 4.78 is 0. The van der Waals surface area contributed by atoms with Gasteiger partial charge in [-0.2, -0.15) is 5.26 Å². The van der Waals surface area contributed by atoms with E-state index in [9.17, 15) is 4.79 Å². The second-order valence-corrected chi connectivity index (χ2v) is 4.59. The molecule has 17 heavy (non-hydrogen) atoms. The average molecular weight is 251 g/mol. The largest absolute Gasteiger partial charge is 0.338 e. The lowest BCUT2D eigenvalue weighted by atomic mass is 10.0. The van der Waals surface area contributed by atoms with Gasteiger partial charge in [-0.1, -0.05) is 30.7 Å². The average Bonchev–Trinajstić information content (AvgIpc) is 2.28. The standard InChI is InChI=1S/C13H15ClN2O/c1-3-13(2,9-15)16-12(17)8-10-5-4-6-11(14)7-10/h4-7H,3,8H2,1-2H3,(H,16,17). The van der Waals surface area contributed by atoms with E-state index in [2.05, 4.69) is 11.4 Å². The molecule has 90 valence electrons. The van der Waals surface area contributed by atoms with Crippen LogP contribution in [0.1, 0.15) is 25.8 Å². The van der Waals surface area contributed by atoms with Crippen LogP contribution in [0.4, 0.5) is 0 Å². The number of hydrogen-bond acceptors (Lipinski definition) is 2.